The number of hydrogen-bond acceptors (Lipinski definition) is 4. The van der Waals surface area contributed by atoms with E-state index >= 15 is 0 Å². The summed E-state index contributed by atoms with van der Waals surface area (Å²) in [6, 6.07) is 5.03. The molecule has 0 radical (unpaired) electrons. The smallest absolute Gasteiger partial charge is 0.412 e. The van der Waals surface area contributed by atoms with Crippen molar-refractivity contribution in [1.82, 2.24) is 5.06 Å². The molecule has 0 aromatic heterocycles. The lowest BCUT2D eigenvalue weighted by molar-refractivity contribution is -0.0731. The van der Waals surface area contributed by atoms with Crippen LogP contribution in [-0.4, -0.2) is 29.0 Å². The van der Waals surface area contributed by atoms with Gasteiger partial charge in [0.05, 0.1) is 6.54 Å². The summed E-state index contributed by atoms with van der Waals surface area (Å²) in [5.41, 5.74) is 0.723. The van der Waals surface area contributed by atoms with E-state index in [2.05, 4.69) is 5.32 Å². The summed E-state index contributed by atoms with van der Waals surface area (Å²) in [7, 11) is 1.52. The first kappa shape index (κ1) is 15.8. The van der Waals surface area contributed by atoms with Gasteiger partial charge in [-0.3, -0.25) is 5.32 Å². The molecule has 1 aromatic carbocycles. The molecule has 6 heteroatoms. The summed E-state index contributed by atoms with van der Waals surface area (Å²) < 4.78 is 5.15. The Balaban J connectivity index is 2.77. The van der Waals surface area contributed by atoms with E-state index in [1.165, 1.54) is 7.05 Å². The SMILES string of the molecule is CN(O)Cc1cc(NC(=O)OC(C)(C)C)ccc1Cl. The number of anilines is 1. The number of ether oxygens (including phenoxy) is 1. The number of carbonyl (C=O) groups is 1. The van der Waals surface area contributed by atoms with Gasteiger partial charge in [0.1, 0.15) is 5.60 Å². The van der Waals surface area contributed by atoms with Gasteiger partial charge >= 0.3 is 6.09 Å². The van der Waals surface area contributed by atoms with Crippen LogP contribution in [0.25, 0.3) is 0 Å². The second-order valence-electron chi connectivity index (χ2n) is 5.25. The Kier molecular flexibility index (Phi) is 5.17. The topological polar surface area (TPSA) is 61.8 Å². The lowest BCUT2D eigenvalue weighted by atomic mass is 10.2. The number of benzene rings is 1. The van der Waals surface area contributed by atoms with Gasteiger partial charge in [0, 0.05) is 17.8 Å². The Morgan fingerprint density at radius 1 is 1.47 bits per heavy atom. The van der Waals surface area contributed by atoms with Crippen LogP contribution >= 0.6 is 11.6 Å². The van der Waals surface area contributed by atoms with E-state index in [-0.39, 0.29) is 6.54 Å². The summed E-state index contributed by atoms with van der Waals surface area (Å²) in [5.74, 6) is 0. The molecular formula is C13H19ClN2O3. The van der Waals surface area contributed by atoms with Gasteiger partial charge in [-0.15, -0.1) is 0 Å². The largest absolute Gasteiger partial charge is 0.444 e. The van der Waals surface area contributed by atoms with Crippen molar-refractivity contribution in [1.29, 1.82) is 0 Å². The maximum atomic E-state index is 11.6. The van der Waals surface area contributed by atoms with Crippen LogP contribution < -0.4 is 5.32 Å². The van der Waals surface area contributed by atoms with E-state index in [4.69, 9.17) is 16.3 Å². The number of rotatable bonds is 3. The van der Waals surface area contributed by atoms with Gasteiger partial charge < -0.3 is 9.94 Å². The third-order valence-electron chi connectivity index (χ3n) is 2.09. The van der Waals surface area contributed by atoms with Gasteiger partial charge in [0.25, 0.3) is 0 Å². The Bertz CT molecular complexity index is 456. The van der Waals surface area contributed by atoms with Crippen LogP contribution in [0.1, 0.15) is 26.3 Å². The maximum Gasteiger partial charge on any atom is 0.412 e. The van der Waals surface area contributed by atoms with E-state index in [1.54, 1.807) is 39.0 Å². The van der Waals surface area contributed by atoms with Crippen molar-refractivity contribution in [3.05, 3.63) is 28.8 Å². The van der Waals surface area contributed by atoms with E-state index in [1.807, 2.05) is 0 Å². The lowest BCUT2D eigenvalue weighted by Gasteiger charge is -2.20. The minimum atomic E-state index is -0.551. The molecule has 1 aromatic rings. The minimum Gasteiger partial charge on any atom is -0.444 e. The summed E-state index contributed by atoms with van der Waals surface area (Å²) in [6.07, 6.45) is -0.530. The summed E-state index contributed by atoms with van der Waals surface area (Å²) >= 11 is 6.00. The van der Waals surface area contributed by atoms with E-state index < -0.39 is 11.7 Å². The minimum absolute atomic E-state index is 0.267. The fourth-order valence-corrected chi connectivity index (χ4v) is 1.62. The molecule has 0 saturated heterocycles. The van der Waals surface area contributed by atoms with Crippen LogP contribution in [0.5, 0.6) is 0 Å². The van der Waals surface area contributed by atoms with Crippen LogP contribution in [-0.2, 0) is 11.3 Å². The first-order chi connectivity index (χ1) is 8.67. The van der Waals surface area contributed by atoms with Crippen LogP contribution in [0.4, 0.5) is 10.5 Å². The number of halogens is 1. The second kappa shape index (κ2) is 6.23. The zero-order chi connectivity index (χ0) is 14.6. The monoisotopic (exact) mass is 286 g/mol. The number of hydrogen-bond donors (Lipinski definition) is 2. The average Bonchev–Trinajstić information content (AvgIpc) is 2.19. The van der Waals surface area contributed by atoms with Gasteiger partial charge in [-0.1, -0.05) is 11.6 Å². The lowest BCUT2D eigenvalue weighted by Crippen LogP contribution is -2.27. The first-order valence-electron chi connectivity index (χ1n) is 5.86. The fraction of sp³-hybridized carbons (Fsp3) is 0.462. The molecule has 0 aliphatic heterocycles. The van der Waals surface area contributed by atoms with Crippen molar-refractivity contribution in [2.24, 2.45) is 0 Å². The van der Waals surface area contributed by atoms with Crippen molar-refractivity contribution in [3.63, 3.8) is 0 Å². The van der Waals surface area contributed by atoms with E-state index in [0.29, 0.717) is 16.3 Å². The number of amides is 1. The summed E-state index contributed by atoms with van der Waals surface area (Å²) in [4.78, 5) is 11.6. The highest BCUT2D eigenvalue weighted by molar-refractivity contribution is 6.31. The molecule has 106 valence electrons. The van der Waals surface area contributed by atoms with Crippen molar-refractivity contribution in [3.8, 4) is 0 Å². The summed E-state index contributed by atoms with van der Waals surface area (Å²) in [6.45, 7) is 5.64. The zero-order valence-electron chi connectivity index (χ0n) is 11.5. The molecule has 0 fully saturated rings. The van der Waals surface area contributed by atoms with Crippen molar-refractivity contribution in [2.45, 2.75) is 32.9 Å². The molecule has 2 N–H and O–H groups in total. The number of hydroxylamine groups is 2. The number of carbonyl (C=O) groups excluding carboxylic acids is 1. The third kappa shape index (κ3) is 5.92. The van der Waals surface area contributed by atoms with Crippen LogP contribution in [0, 0.1) is 0 Å². The molecule has 0 aliphatic carbocycles. The highest BCUT2D eigenvalue weighted by atomic mass is 35.5. The Morgan fingerprint density at radius 2 is 2.11 bits per heavy atom. The molecule has 0 aliphatic rings. The predicted molar refractivity (Wildman–Crippen MR) is 74.6 cm³/mol. The quantitative estimate of drug-likeness (QED) is 0.835. The second-order valence-corrected chi connectivity index (χ2v) is 5.66. The molecule has 0 bridgehead atoms. The molecular weight excluding hydrogens is 268 g/mol. The average molecular weight is 287 g/mol. The molecule has 19 heavy (non-hydrogen) atoms. The van der Waals surface area contributed by atoms with E-state index in [0.717, 1.165) is 5.06 Å². The number of nitrogens with zero attached hydrogens (tertiary/aromatic N) is 1. The summed E-state index contributed by atoms with van der Waals surface area (Å²) in [5, 5.41) is 13.4. The van der Waals surface area contributed by atoms with Crippen molar-refractivity contribution >= 4 is 23.4 Å². The molecule has 0 spiro atoms. The molecule has 0 unspecified atom stereocenters. The number of nitrogens with one attached hydrogen (secondary N) is 1. The van der Waals surface area contributed by atoms with Gasteiger partial charge in [0.15, 0.2) is 0 Å². The van der Waals surface area contributed by atoms with Gasteiger partial charge in [0.2, 0.25) is 0 Å². The van der Waals surface area contributed by atoms with Crippen molar-refractivity contribution < 1.29 is 14.7 Å². The Morgan fingerprint density at radius 3 is 2.63 bits per heavy atom. The molecule has 0 atom stereocenters. The van der Waals surface area contributed by atoms with E-state index in [9.17, 15) is 10.0 Å². The van der Waals surface area contributed by atoms with Gasteiger partial charge in [-0.2, -0.15) is 5.06 Å². The third-order valence-corrected chi connectivity index (χ3v) is 2.46. The molecule has 0 saturated carbocycles. The van der Waals surface area contributed by atoms with Crippen LogP contribution in [0.3, 0.4) is 0 Å². The maximum absolute atomic E-state index is 11.6. The highest BCUT2D eigenvalue weighted by Gasteiger charge is 2.16. The predicted octanol–water partition coefficient (Wildman–Crippen LogP) is 3.51. The van der Waals surface area contributed by atoms with Crippen LogP contribution in [0.2, 0.25) is 5.02 Å². The fourth-order valence-electron chi connectivity index (χ4n) is 1.44. The highest BCUT2D eigenvalue weighted by Crippen LogP contribution is 2.22. The Labute approximate surface area is 118 Å². The molecule has 5 nitrogen and oxygen atoms in total. The standard InChI is InChI=1S/C13H19ClN2O3/c1-13(2,3)19-12(17)15-10-5-6-11(14)9(7-10)8-16(4)18/h5-7,18H,8H2,1-4H3,(H,15,17). The molecule has 1 rings (SSSR count). The van der Waals surface area contributed by atoms with Crippen LogP contribution in [0.15, 0.2) is 18.2 Å². The Hall–Kier alpha value is -1.30. The molecule has 1 amide bonds. The zero-order valence-corrected chi connectivity index (χ0v) is 12.3. The first-order valence-corrected chi connectivity index (χ1v) is 6.23. The molecule has 0 heterocycles. The van der Waals surface area contributed by atoms with Crippen molar-refractivity contribution in [2.75, 3.05) is 12.4 Å². The van der Waals surface area contributed by atoms with Gasteiger partial charge in [-0.05, 0) is 44.5 Å². The normalized spacial score (nSPS) is 11.5. The van der Waals surface area contributed by atoms with Gasteiger partial charge in [-0.25, -0.2) is 4.79 Å².